The monoisotopic (exact) mass is 662 g/mol. The number of halogens is 2. The molecule has 0 fully saturated rings. The molecule has 0 bridgehead atoms. The van der Waals surface area contributed by atoms with Gasteiger partial charge in [-0.25, -0.2) is 14.8 Å². The van der Waals surface area contributed by atoms with Crippen LogP contribution in [0.15, 0.2) is 101 Å². The van der Waals surface area contributed by atoms with Crippen molar-refractivity contribution in [2.45, 2.75) is 13.5 Å². The smallest absolute Gasteiger partial charge is 0.271 e. The van der Waals surface area contributed by atoms with Gasteiger partial charge in [0.25, 0.3) is 5.91 Å². The van der Waals surface area contributed by atoms with Gasteiger partial charge in [0, 0.05) is 27.8 Å². The first-order valence-corrected chi connectivity index (χ1v) is 14.3. The highest BCUT2D eigenvalue weighted by atomic mass is 127. The molecule has 4 aromatic carbocycles. The first-order valence-electron chi connectivity index (χ1n) is 12.3. The minimum atomic E-state index is -0.317. The number of nitrogens with one attached hydrogen (secondary N) is 2. The van der Waals surface area contributed by atoms with Gasteiger partial charge >= 0.3 is 0 Å². The van der Waals surface area contributed by atoms with Crippen LogP contribution in [-0.4, -0.2) is 17.1 Å². The number of anilines is 2. The molecule has 0 aliphatic heterocycles. The lowest BCUT2D eigenvalue weighted by Crippen LogP contribution is -2.17. The third-order valence-electron chi connectivity index (χ3n) is 5.93. The maximum Gasteiger partial charge on any atom is 0.271 e. The van der Waals surface area contributed by atoms with E-state index in [4.69, 9.17) is 4.74 Å². The van der Waals surface area contributed by atoms with Gasteiger partial charge < -0.3 is 10.1 Å². The van der Waals surface area contributed by atoms with E-state index in [0.717, 1.165) is 31.2 Å². The Hall–Kier alpha value is -4.09. The number of amides is 1. The number of hydrogen-bond acceptors (Lipinski definition) is 6. The van der Waals surface area contributed by atoms with Gasteiger partial charge in [-0.15, -0.1) is 11.3 Å². The molecule has 6 nitrogen and oxygen atoms in total. The van der Waals surface area contributed by atoms with Crippen LogP contribution in [-0.2, 0) is 6.61 Å². The largest absolute Gasteiger partial charge is 0.488 e. The minimum absolute atomic E-state index is 0.138. The molecule has 0 aliphatic carbocycles. The van der Waals surface area contributed by atoms with Crippen LogP contribution in [0, 0.1) is 16.3 Å². The maximum atomic E-state index is 13.8. The average molecular weight is 663 g/mol. The summed E-state index contributed by atoms with van der Waals surface area (Å²) < 4.78 is 20.4. The maximum absolute atomic E-state index is 13.8. The highest BCUT2D eigenvalue weighted by molar-refractivity contribution is 14.1. The van der Waals surface area contributed by atoms with E-state index in [1.807, 2.05) is 53.9 Å². The molecule has 1 heterocycles. The van der Waals surface area contributed by atoms with Crippen LogP contribution in [0.1, 0.15) is 27.0 Å². The van der Waals surface area contributed by atoms with Gasteiger partial charge in [-0.2, -0.15) is 5.10 Å². The third-order valence-corrected chi connectivity index (χ3v) is 7.53. The van der Waals surface area contributed by atoms with E-state index in [2.05, 4.69) is 50.3 Å². The van der Waals surface area contributed by atoms with E-state index in [-0.39, 0.29) is 18.3 Å². The Morgan fingerprint density at radius 1 is 1.05 bits per heavy atom. The molecule has 40 heavy (non-hydrogen) atoms. The molecule has 0 radical (unpaired) electrons. The lowest BCUT2D eigenvalue weighted by molar-refractivity contribution is 0.0955. The zero-order valence-electron chi connectivity index (χ0n) is 21.4. The van der Waals surface area contributed by atoms with Crippen molar-refractivity contribution in [2.75, 3.05) is 5.32 Å². The van der Waals surface area contributed by atoms with Crippen LogP contribution in [0.4, 0.5) is 15.2 Å². The van der Waals surface area contributed by atoms with E-state index in [0.29, 0.717) is 16.9 Å². The van der Waals surface area contributed by atoms with Crippen LogP contribution in [0.2, 0.25) is 0 Å². The fourth-order valence-electron chi connectivity index (χ4n) is 3.73. The number of rotatable bonds is 9. The molecule has 0 aliphatic rings. The van der Waals surface area contributed by atoms with Gasteiger partial charge in [-0.1, -0.05) is 48.0 Å². The van der Waals surface area contributed by atoms with E-state index >= 15 is 0 Å². The second-order valence-electron chi connectivity index (χ2n) is 8.88. The van der Waals surface area contributed by atoms with E-state index in [1.165, 1.54) is 23.0 Å². The van der Waals surface area contributed by atoms with Crippen molar-refractivity contribution in [3.8, 4) is 17.0 Å². The van der Waals surface area contributed by atoms with Gasteiger partial charge in [-0.3, -0.25) is 4.79 Å². The summed E-state index contributed by atoms with van der Waals surface area (Å²) in [6.45, 7) is 2.19. The van der Waals surface area contributed by atoms with E-state index < -0.39 is 0 Å². The lowest BCUT2D eigenvalue weighted by Gasteiger charge is -2.09. The Morgan fingerprint density at radius 2 is 1.82 bits per heavy atom. The summed E-state index contributed by atoms with van der Waals surface area (Å²) in [6, 6.07) is 27.4. The van der Waals surface area contributed by atoms with Crippen molar-refractivity contribution in [3.05, 3.63) is 128 Å². The number of aromatic nitrogens is 1. The molecule has 2 N–H and O–H groups in total. The number of benzene rings is 4. The van der Waals surface area contributed by atoms with E-state index in [1.54, 1.807) is 42.6 Å². The predicted octanol–water partition coefficient (Wildman–Crippen LogP) is 7.95. The third kappa shape index (κ3) is 7.10. The zero-order chi connectivity index (χ0) is 27.9. The normalized spacial score (nSPS) is 11.0. The fourth-order valence-corrected chi connectivity index (χ4v) is 5.17. The quantitative estimate of drug-likeness (QED) is 0.0955. The van der Waals surface area contributed by atoms with Crippen LogP contribution >= 0.6 is 33.9 Å². The van der Waals surface area contributed by atoms with Crippen LogP contribution in [0.3, 0.4) is 0 Å². The molecule has 0 spiro atoms. The van der Waals surface area contributed by atoms with Gasteiger partial charge in [0.15, 0.2) is 5.13 Å². The summed E-state index contributed by atoms with van der Waals surface area (Å²) >= 11 is 3.67. The Balaban J connectivity index is 1.14. The fraction of sp³-hybridized carbons (Fsp3) is 0.0645. The van der Waals surface area contributed by atoms with Gasteiger partial charge in [0.1, 0.15) is 18.2 Å². The molecule has 0 atom stereocenters. The molecule has 1 amide bonds. The summed E-state index contributed by atoms with van der Waals surface area (Å²) in [5, 5.41) is 10.2. The SMILES string of the molecule is Cc1ccc(Nc2nc(-c3ccc(C(=O)N/N=C\c4ccc(OCc5ccccc5F)c(I)c4)cc3)cs2)cc1. The number of hydrazone groups is 1. The number of aryl methyl sites for hydroxylation is 1. The zero-order valence-corrected chi connectivity index (χ0v) is 24.4. The standard InChI is InChI=1S/C31H24FIN4O2S/c1-20-6-13-25(14-7-20)35-31-36-28(19-40-31)22-9-11-23(12-10-22)30(38)37-34-17-21-8-15-29(27(33)16-21)39-18-24-4-2-3-5-26(24)32/h2-17,19H,18H2,1H3,(H,35,36)(H,37,38)/b34-17-. The molecule has 200 valence electrons. The minimum Gasteiger partial charge on any atom is -0.488 e. The van der Waals surface area contributed by atoms with Crippen molar-refractivity contribution >= 4 is 56.9 Å². The number of thiazole rings is 1. The van der Waals surface area contributed by atoms with Crippen molar-refractivity contribution < 1.29 is 13.9 Å². The Bertz CT molecular complexity index is 1650. The van der Waals surface area contributed by atoms with Gasteiger partial charge in [0.05, 0.1) is 15.5 Å². The molecule has 1 aromatic heterocycles. The number of carbonyl (C=O) groups is 1. The summed E-state index contributed by atoms with van der Waals surface area (Å²) in [7, 11) is 0. The van der Waals surface area contributed by atoms with Gasteiger partial charge in [0.2, 0.25) is 0 Å². The molecule has 0 saturated carbocycles. The Labute approximate surface area is 249 Å². The molecular formula is C31H24FIN4O2S. The topological polar surface area (TPSA) is 75.6 Å². The molecule has 0 unspecified atom stereocenters. The first kappa shape index (κ1) is 27.5. The molecule has 5 aromatic rings. The number of hydrogen-bond donors (Lipinski definition) is 2. The van der Waals surface area contributed by atoms with Crippen molar-refractivity contribution in [3.63, 3.8) is 0 Å². The van der Waals surface area contributed by atoms with Crippen molar-refractivity contribution in [1.82, 2.24) is 10.4 Å². The Kier molecular flexibility index (Phi) is 8.82. The molecule has 9 heteroatoms. The number of carbonyl (C=O) groups excluding carboxylic acids is 1. The molecule has 5 rings (SSSR count). The number of nitrogens with zero attached hydrogens (tertiary/aromatic N) is 2. The van der Waals surface area contributed by atoms with Crippen LogP contribution in [0.25, 0.3) is 11.3 Å². The molecule has 0 saturated heterocycles. The van der Waals surface area contributed by atoms with Crippen LogP contribution in [0.5, 0.6) is 5.75 Å². The summed E-state index contributed by atoms with van der Waals surface area (Å²) in [6.07, 6.45) is 1.56. The number of ether oxygens (including phenoxy) is 1. The highest BCUT2D eigenvalue weighted by Gasteiger charge is 2.09. The van der Waals surface area contributed by atoms with E-state index in [9.17, 15) is 9.18 Å². The summed E-state index contributed by atoms with van der Waals surface area (Å²) in [5.74, 6) is 0.0285. The van der Waals surface area contributed by atoms with Crippen LogP contribution < -0.4 is 15.5 Å². The summed E-state index contributed by atoms with van der Waals surface area (Å²) in [4.78, 5) is 17.2. The Morgan fingerprint density at radius 3 is 2.58 bits per heavy atom. The second-order valence-corrected chi connectivity index (χ2v) is 10.9. The van der Waals surface area contributed by atoms with Gasteiger partial charge in [-0.05, 0) is 83.6 Å². The summed E-state index contributed by atoms with van der Waals surface area (Å²) in [5.41, 5.74) is 8.26. The predicted molar refractivity (Wildman–Crippen MR) is 167 cm³/mol. The highest BCUT2D eigenvalue weighted by Crippen LogP contribution is 2.28. The second kappa shape index (κ2) is 12.8. The van der Waals surface area contributed by atoms with Crippen molar-refractivity contribution in [2.24, 2.45) is 5.10 Å². The lowest BCUT2D eigenvalue weighted by atomic mass is 10.1. The average Bonchev–Trinajstić information content (AvgIpc) is 3.43. The first-order chi connectivity index (χ1) is 19.4. The molecular weight excluding hydrogens is 638 g/mol. The van der Waals surface area contributed by atoms with Crippen molar-refractivity contribution in [1.29, 1.82) is 0 Å².